The molecule has 1 N–H and O–H groups in total. The van der Waals surface area contributed by atoms with Gasteiger partial charge in [-0.2, -0.15) is 5.10 Å². The molecule has 1 unspecified atom stereocenters. The standard InChI is InChI=1S/C16H19N3S/c1-3-8-19-10-12(9-18-19)16(17-2)14-11-20-15-7-5-4-6-13(14)15/h4-7,9-11,16-17H,3,8H2,1-2H3. The summed E-state index contributed by atoms with van der Waals surface area (Å²) in [7, 11) is 2.01. The van der Waals surface area contributed by atoms with Gasteiger partial charge in [0.25, 0.3) is 0 Å². The molecule has 4 heteroatoms. The predicted molar refractivity (Wildman–Crippen MR) is 85.2 cm³/mol. The topological polar surface area (TPSA) is 29.9 Å². The summed E-state index contributed by atoms with van der Waals surface area (Å²) in [5.41, 5.74) is 2.56. The second-order valence-electron chi connectivity index (χ2n) is 4.95. The van der Waals surface area contributed by atoms with Crippen LogP contribution in [-0.2, 0) is 6.54 Å². The van der Waals surface area contributed by atoms with Gasteiger partial charge in [-0.1, -0.05) is 25.1 Å². The molecule has 3 nitrogen and oxygen atoms in total. The van der Waals surface area contributed by atoms with Gasteiger partial charge in [-0.05, 0) is 35.9 Å². The molecule has 0 radical (unpaired) electrons. The monoisotopic (exact) mass is 285 g/mol. The molecule has 0 saturated carbocycles. The van der Waals surface area contributed by atoms with Gasteiger partial charge in [-0.3, -0.25) is 4.68 Å². The maximum absolute atomic E-state index is 4.44. The van der Waals surface area contributed by atoms with Crippen molar-refractivity contribution < 1.29 is 0 Å². The lowest BCUT2D eigenvalue weighted by Crippen LogP contribution is -2.16. The summed E-state index contributed by atoms with van der Waals surface area (Å²) >= 11 is 1.80. The van der Waals surface area contributed by atoms with E-state index >= 15 is 0 Å². The zero-order valence-corrected chi connectivity index (χ0v) is 12.7. The zero-order valence-electron chi connectivity index (χ0n) is 11.8. The van der Waals surface area contributed by atoms with Gasteiger partial charge in [0, 0.05) is 23.0 Å². The third-order valence-electron chi connectivity index (χ3n) is 3.55. The number of nitrogens with zero attached hydrogens (tertiary/aromatic N) is 2. The molecule has 0 bridgehead atoms. The van der Waals surface area contributed by atoms with Crippen LogP contribution in [0, 0.1) is 0 Å². The number of hydrogen-bond acceptors (Lipinski definition) is 3. The van der Waals surface area contributed by atoms with Crippen molar-refractivity contribution in [1.82, 2.24) is 15.1 Å². The van der Waals surface area contributed by atoms with Crippen LogP contribution in [0.25, 0.3) is 10.1 Å². The van der Waals surface area contributed by atoms with E-state index in [-0.39, 0.29) is 6.04 Å². The van der Waals surface area contributed by atoms with Crippen molar-refractivity contribution in [3.8, 4) is 0 Å². The molecule has 0 fully saturated rings. The summed E-state index contributed by atoms with van der Waals surface area (Å²) in [6.45, 7) is 3.14. The summed E-state index contributed by atoms with van der Waals surface area (Å²) in [6.07, 6.45) is 5.23. The Kier molecular flexibility index (Phi) is 3.85. The SMILES string of the molecule is CCCn1cc(C(NC)c2csc3ccccc23)cn1. The van der Waals surface area contributed by atoms with Crippen molar-refractivity contribution in [2.24, 2.45) is 0 Å². The van der Waals surface area contributed by atoms with Gasteiger partial charge in [0.15, 0.2) is 0 Å². The molecule has 1 aromatic carbocycles. The highest BCUT2D eigenvalue weighted by molar-refractivity contribution is 7.17. The van der Waals surface area contributed by atoms with Crippen LogP contribution in [-0.4, -0.2) is 16.8 Å². The third-order valence-corrected chi connectivity index (χ3v) is 4.53. The number of hydrogen-bond donors (Lipinski definition) is 1. The summed E-state index contributed by atoms with van der Waals surface area (Å²) in [5.74, 6) is 0. The Bertz CT molecular complexity index is 698. The molecule has 0 aliphatic carbocycles. The normalized spacial score (nSPS) is 12.9. The summed E-state index contributed by atoms with van der Waals surface area (Å²) in [5, 5.41) is 11.5. The molecule has 2 aromatic heterocycles. The van der Waals surface area contributed by atoms with E-state index in [4.69, 9.17) is 0 Å². The first-order valence-corrected chi connectivity index (χ1v) is 7.87. The smallest absolute Gasteiger partial charge is 0.0619 e. The number of aromatic nitrogens is 2. The van der Waals surface area contributed by atoms with E-state index in [9.17, 15) is 0 Å². The fourth-order valence-corrected chi connectivity index (χ4v) is 3.59. The molecule has 3 rings (SSSR count). The van der Waals surface area contributed by atoms with Gasteiger partial charge in [-0.15, -0.1) is 11.3 Å². The van der Waals surface area contributed by atoms with Crippen molar-refractivity contribution in [2.45, 2.75) is 25.9 Å². The second-order valence-corrected chi connectivity index (χ2v) is 5.86. The Hall–Kier alpha value is -1.65. The molecule has 104 valence electrons. The third kappa shape index (κ3) is 2.37. The van der Waals surface area contributed by atoms with Crippen LogP contribution in [0.1, 0.15) is 30.5 Å². The van der Waals surface area contributed by atoms with E-state index in [1.54, 1.807) is 11.3 Å². The quantitative estimate of drug-likeness (QED) is 0.772. The first-order valence-electron chi connectivity index (χ1n) is 6.99. The average Bonchev–Trinajstić information content (AvgIpc) is 3.09. The minimum atomic E-state index is 0.205. The molecule has 0 amide bonds. The highest BCUT2D eigenvalue weighted by atomic mass is 32.1. The lowest BCUT2D eigenvalue weighted by molar-refractivity contribution is 0.600. The number of fused-ring (bicyclic) bond motifs is 1. The summed E-state index contributed by atoms with van der Waals surface area (Å²) < 4.78 is 3.36. The molecular weight excluding hydrogens is 266 g/mol. The fourth-order valence-electron chi connectivity index (χ4n) is 2.60. The minimum absolute atomic E-state index is 0.205. The molecule has 3 aromatic rings. The van der Waals surface area contributed by atoms with E-state index in [0.29, 0.717) is 0 Å². The van der Waals surface area contributed by atoms with Gasteiger partial charge in [0.2, 0.25) is 0 Å². The number of nitrogens with one attached hydrogen (secondary N) is 1. The van der Waals surface area contributed by atoms with Gasteiger partial charge in [0.05, 0.1) is 12.2 Å². The maximum atomic E-state index is 4.44. The number of aryl methyl sites for hydroxylation is 1. The van der Waals surface area contributed by atoms with E-state index in [1.165, 1.54) is 21.2 Å². The molecule has 0 aliphatic rings. The molecule has 20 heavy (non-hydrogen) atoms. The van der Waals surface area contributed by atoms with Crippen molar-refractivity contribution >= 4 is 21.4 Å². The van der Waals surface area contributed by atoms with Crippen molar-refractivity contribution in [3.63, 3.8) is 0 Å². The molecular formula is C16H19N3S. The average molecular weight is 285 g/mol. The van der Waals surface area contributed by atoms with Crippen LogP contribution < -0.4 is 5.32 Å². The van der Waals surface area contributed by atoms with Crippen LogP contribution in [0.5, 0.6) is 0 Å². The van der Waals surface area contributed by atoms with Crippen LogP contribution in [0.15, 0.2) is 42.0 Å². The number of thiophene rings is 1. The Labute approximate surface area is 123 Å². The predicted octanol–water partition coefficient (Wildman–Crippen LogP) is 3.82. The molecule has 2 heterocycles. The van der Waals surface area contributed by atoms with Crippen LogP contribution in [0.3, 0.4) is 0 Å². The molecule has 1 atom stereocenters. The second kappa shape index (κ2) is 5.77. The molecule has 0 spiro atoms. The first kappa shape index (κ1) is 13.3. The number of benzene rings is 1. The largest absolute Gasteiger partial charge is 0.309 e. The fraction of sp³-hybridized carbons (Fsp3) is 0.312. The van der Waals surface area contributed by atoms with Gasteiger partial charge in [0.1, 0.15) is 0 Å². The Morgan fingerprint density at radius 2 is 2.20 bits per heavy atom. The summed E-state index contributed by atoms with van der Waals surface area (Å²) in [4.78, 5) is 0. The summed E-state index contributed by atoms with van der Waals surface area (Å²) in [6, 6.07) is 8.78. The van der Waals surface area contributed by atoms with Gasteiger partial charge in [-0.25, -0.2) is 0 Å². The van der Waals surface area contributed by atoms with E-state index < -0.39 is 0 Å². The van der Waals surface area contributed by atoms with Gasteiger partial charge < -0.3 is 5.32 Å². The zero-order chi connectivity index (χ0) is 13.9. The van der Waals surface area contributed by atoms with Crippen LogP contribution in [0.2, 0.25) is 0 Å². The first-order chi connectivity index (χ1) is 9.83. The maximum Gasteiger partial charge on any atom is 0.0619 e. The van der Waals surface area contributed by atoms with Crippen molar-refractivity contribution in [1.29, 1.82) is 0 Å². The highest BCUT2D eigenvalue weighted by Gasteiger charge is 2.17. The van der Waals surface area contributed by atoms with Crippen molar-refractivity contribution in [2.75, 3.05) is 7.05 Å². The van der Waals surface area contributed by atoms with Crippen LogP contribution >= 0.6 is 11.3 Å². The number of rotatable bonds is 5. The van der Waals surface area contributed by atoms with Crippen molar-refractivity contribution in [3.05, 3.63) is 53.2 Å². The Balaban J connectivity index is 2.00. The lowest BCUT2D eigenvalue weighted by atomic mass is 10.0. The lowest BCUT2D eigenvalue weighted by Gasteiger charge is -2.14. The molecule has 0 saturated heterocycles. The molecule has 0 aliphatic heterocycles. The minimum Gasteiger partial charge on any atom is -0.309 e. The van der Waals surface area contributed by atoms with E-state index in [0.717, 1.165) is 13.0 Å². The van der Waals surface area contributed by atoms with Gasteiger partial charge >= 0.3 is 0 Å². The Morgan fingerprint density at radius 1 is 1.35 bits per heavy atom. The van der Waals surface area contributed by atoms with Crippen LogP contribution in [0.4, 0.5) is 0 Å². The van der Waals surface area contributed by atoms with E-state index in [2.05, 4.69) is 53.2 Å². The van der Waals surface area contributed by atoms with E-state index in [1.807, 2.05) is 17.9 Å². The highest BCUT2D eigenvalue weighted by Crippen LogP contribution is 2.33. The Morgan fingerprint density at radius 3 is 3.00 bits per heavy atom.